The van der Waals surface area contributed by atoms with E-state index in [0.29, 0.717) is 0 Å². The zero-order valence-corrected chi connectivity index (χ0v) is 16.3. The first-order chi connectivity index (χ1) is 13.1. The average Bonchev–Trinajstić information content (AvgIpc) is 3.21. The summed E-state index contributed by atoms with van der Waals surface area (Å²) in [5, 5.41) is 0. The molecule has 5 nitrogen and oxygen atoms in total. The molecule has 2 aliphatic rings. The Kier molecular flexibility index (Phi) is 7.04. The van der Waals surface area contributed by atoms with Crippen molar-refractivity contribution >= 4 is 17.9 Å². The van der Waals surface area contributed by atoms with Gasteiger partial charge in [-0.3, -0.25) is 14.5 Å². The molecule has 3 rings (SSSR count). The van der Waals surface area contributed by atoms with Crippen LogP contribution in [0, 0.1) is 0 Å². The van der Waals surface area contributed by atoms with E-state index in [4.69, 9.17) is 0 Å². The first-order valence-corrected chi connectivity index (χ1v) is 10.1. The van der Waals surface area contributed by atoms with Gasteiger partial charge < -0.3 is 9.80 Å². The van der Waals surface area contributed by atoms with Crippen molar-refractivity contribution in [3.8, 4) is 0 Å². The summed E-state index contributed by atoms with van der Waals surface area (Å²) in [6.07, 6.45) is 8.73. The van der Waals surface area contributed by atoms with Crippen molar-refractivity contribution in [2.24, 2.45) is 0 Å². The van der Waals surface area contributed by atoms with E-state index in [2.05, 4.69) is 29.2 Å². The molecule has 1 saturated carbocycles. The van der Waals surface area contributed by atoms with Gasteiger partial charge in [0.25, 0.3) is 0 Å². The van der Waals surface area contributed by atoms with Gasteiger partial charge in [0.05, 0.1) is 6.54 Å². The number of hydrogen-bond donors (Lipinski definition) is 0. The maximum atomic E-state index is 12.7. The molecule has 1 aliphatic carbocycles. The third-order valence-corrected chi connectivity index (χ3v) is 5.67. The summed E-state index contributed by atoms with van der Waals surface area (Å²) in [6.45, 7) is 5.99. The number of nitrogens with zero attached hydrogens (tertiary/aromatic N) is 3. The Labute approximate surface area is 162 Å². The largest absolute Gasteiger partial charge is 0.339 e. The quantitative estimate of drug-likeness (QED) is 0.774. The van der Waals surface area contributed by atoms with E-state index in [1.54, 1.807) is 11.8 Å². The fraction of sp³-hybridized carbons (Fsp3) is 0.545. The average molecular weight is 370 g/mol. The number of carbonyl (C=O) groups excluding carboxylic acids is 2. The fourth-order valence-corrected chi connectivity index (χ4v) is 4.04. The zero-order chi connectivity index (χ0) is 19.1. The van der Waals surface area contributed by atoms with Crippen LogP contribution in [0.2, 0.25) is 0 Å². The Balaban J connectivity index is 1.43. The lowest BCUT2D eigenvalue weighted by Gasteiger charge is -2.36. The molecule has 0 spiro atoms. The highest BCUT2D eigenvalue weighted by Crippen LogP contribution is 2.23. The molecule has 1 aromatic rings. The van der Waals surface area contributed by atoms with Crippen LogP contribution < -0.4 is 0 Å². The second-order valence-corrected chi connectivity index (χ2v) is 7.58. The van der Waals surface area contributed by atoms with E-state index in [1.807, 2.05) is 23.1 Å². The van der Waals surface area contributed by atoms with E-state index >= 15 is 0 Å². The number of carbonyl (C=O) groups is 2. The summed E-state index contributed by atoms with van der Waals surface area (Å²) < 4.78 is 0. The molecule has 0 radical (unpaired) electrons. The molecule has 1 aromatic carbocycles. The summed E-state index contributed by atoms with van der Waals surface area (Å²) in [5.74, 6) is 0.122. The molecular formula is C22H31N3O2. The van der Waals surface area contributed by atoms with Crippen molar-refractivity contribution < 1.29 is 9.59 Å². The summed E-state index contributed by atoms with van der Waals surface area (Å²) in [5.41, 5.74) is 1.21. The molecule has 0 N–H and O–H groups in total. The number of piperazine rings is 1. The predicted octanol–water partition coefficient (Wildman–Crippen LogP) is 2.64. The standard InChI is InChI=1S/C22H31N3O2/c1-19(26)25(21-11-5-6-12-21)18-22(27)24-16-14-23(15-17-24)13-7-10-20-8-3-2-4-9-20/h2-4,7-10,21H,5-6,11-18H2,1H3/b10-7+. The normalized spacial score (nSPS) is 18.9. The van der Waals surface area contributed by atoms with Crippen LogP contribution in [0.3, 0.4) is 0 Å². The van der Waals surface area contributed by atoms with Gasteiger partial charge in [-0.2, -0.15) is 0 Å². The molecule has 0 bridgehead atoms. The first-order valence-electron chi connectivity index (χ1n) is 10.1. The molecule has 1 aliphatic heterocycles. The molecule has 1 heterocycles. The fourth-order valence-electron chi connectivity index (χ4n) is 4.04. The van der Waals surface area contributed by atoms with E-state index in [9.17, 15) is 9.59 Å². The van der Waals surface area contributed by atoms with Gasteiger partial charge in [0.15, 0.2) is 0 Å². The van der Waals surface area contributed by atoms with Crippen LogP contribution in [0.15, 0.2) is 36.4 Å². The molecule has 5 heteroatoms. The molecule has 2 fully saturated rings. The van der Waals surface area contributed by atoms with Crippen molar-refractivity contribution in [3.05, 3.63) is 42.0 Å². The van der Waals surface area contributed by atoms with Crippen molar-refractivity contribution in [1.82, 2.24) is 14.7 Å². The highest BCUT2D eigenvalue weighted by Gasteiger charge is 2.29. The van der Waals surface area contributed by atoms with Crippen LogP contribution in [0.4, 0.5) is 0 Å². The van der Waals surface area contributed by atoms with Gasteiger partial charge in [-0.15, -0.1) is 0 Å². The van der Waals surface area contributed by atoms with Crippen LogP contribution in [0.5, 0.6) is 0 Å². The Hall–Kier alpha value is -2.14. The SMILES string of the molecule is CC(=O)N(CC(=O)N1CCN(C/C=C/c2ccccc2)CC1)C1CCCC1. The lowest BCUT2D eigenvalue weighted by atomic mass is 10.2. The number of hydrogen-bond acceptors (Lipinski definition) is 3. The smallest absolute Gasteiger partial charge is 0.242 e. The third kappa shape index (κ3) is 5.67. The summed E-state index contributed by atoms with van der Waals surface area (Å²) >= 11 is 0. The third-order valence-electron chi connectivity index (χ3n) is 5.67. The van der Waals surface area contributed by atoms with E-state index in [0.717, 1.165) is 58.4 Å². The minimum Gasteiger partial charge on any atom is -0.339 e. The van der Waals surface area contributed by atoms with E-state index < -0.39 is 0 Å². The predicted molar refractivity (Wildman–Crippen MR) is 108 cm³/mol. The van der Waals surface area contributed by atoms with Gasteiger partial charge in [0.1, 0.15) is 0 Å². The van der Waals surface area contributed by atoms with Crippen LogP contribution >= 0.6 is 0 Å². The van der Waals surface area contributed by atoms with E-state index in [1.165, 1.54) is 5.56 Å². The summed E-state index contributed by atoms with van der Waals surface area (Å²) in [7, 11) is 0. The van der Waals surface area contributed by atoms with Crippen LogP contribution in [-0.4, -0.2) is 71.8 Å². The summed E-state index contributed by atoms with van der Waals surface area (Å²) in [6, 6.07) is 10.6. The van der Waals surface area contributed by atoms with Crippen LogP contribution in [0.25, 0.3) is 6.08 Å². The minimum absolute atomic E-state index is 0.0277. The number of rotatable bonds is 6. The Morgan fingerprint density at radius 3 is 2.37 bits per heavy atom. The maximum Gasteiger partial charge on any atom is 0.242 e. The van der Waals surface area contributed by atoms with Crippen molar-refractivity contribution in [2.75, 3.05) is 39.3 Å². The molecule has 2 amide bonds. The highest BCUT2D eigenvalue weighted by molar-refractivity contribution is 5.84. The van der Waals surface area contributed by atoms with Gasteiger partial charge >= 0.3 is 0 Å². The Morgan fingerprint density at radius 1 is 1.07 bits per heavy atom. The van der Waals surface area contributed by atoms with Crippen molar-refractivity contribution in [3.63, 3.8) is 0 Å². The van der Waals surface area contributed by atoms with Crippen LogP contribution in [-0.2, 0) is 9.59 Å². The van der Waals surface area contributed by atoms with Crippen LogP contribution in [0.1, 0.15) is 38.2 Å². The number of benzene rings is 1. The molecule has 146 valence electrons. The topological polar surface area (TPSA) is 43.9 Å². The second kappa shape index (κ2) is 9.70. The minimum atomic E-state index is 0.0277. The lowest BCUT2D eigenvalue weighted by molar-refractivity contribution is -0.142. The Morgan fingerprint density at radius 2 is 1.74 bits per heavy atom. The first kappa shape index (κ1) is 19.6. The Bertz CT molecular complexity index is 645. The van der Waals surface area contributed by atoms with Gasteiger partial charge in [-0.05, 0) is 18.4 Å². The number of amides is 2. The zero-order valence-electron chi connectivity index (χ0n) is 16.3. The lowest BCUT2D eigenvalue weighted by Crippen LogP contribution is -2.52. The monoisotopic (exact) mass is 369 g/mol. The van der Waals surface area contributed by atoms with Gasteiger partial charge in [0, 0.05) is 45.7 Å². The molecule has 0 aromatic heterocycles. The summed E-state index contributed by atoms with van der Waals surface area (Å²) in [4.78, 5) is 30.7. The maximum absolute atomic E-state index is 12.7. The highest BCUT2D eigenvalue weighted by atomic mass is 16.2. The second-order valence-electron chi connectivity index (χ2n) is 7.58. The van der Waals surface area contributed by atoms with Crippen molar-refractivity contribution in [1.29, 1.82) is 0 Å². The van der Waals surface area contributed by atoms with E-state index in [-0.39, 0.29) is 24.4 Å². The molecule has 0 atom stereocenters. The molecule has 1 saturated heterocycles. The molecular weight excluding hydrogens is 338 g/mol. The van der Waals surface area contributed by atoms with Crippen molar-refractivity contribution in [2.45, 2.75) is 38.6 Å². The van der Waals surface area contributed by atoms with Gasteiger partial charge in [-0.1, -0.05) is 55.3 Å². The van der Waals surface area contributed by atoms with Gasteiger partial charge in [0.2, 0.25) is 11.8 Å². The molecule has 27 heavy (non-hydrogen) atoms. The van der Waals surface area contributed by atoms with Gasteiger partial charge in [-0.25, -0.2) is 0 Å². The molecule has 0 unspecified atom stereocenters.